The second-order valence-electron chi connectivity index (χ2n) is 4.48. The van der Waals surface area contributed by atoms with Gasteiger partial charge in [0.1, 0.15) is 11.4 Å². The Bertz CT molecular complexity index is 389. The summed E-state index contributed by atoms with van der Waals surface area (Å²) >= 11 is 0. The molecule has 0 aromatic heterocycles. The van der Waals surface area contributed by atoms with E-state index in [4.69, 9.17) is 0 Å². The SMILES string of the molecule is CCCc1cc(C(=O)C(C)(C)O)ccc1O. The van der Waals surface area contributed by atoms with Gasteiger partial charge in [0, 0.05) is 5.56 Å². The number of ketones is 1. The normalized spacial score (nSPS) is 11.5. The number of phenolic OH excluding ortho intramolecular Hbond substituents is 1. The van der Waals surface area contributed by atoms with Gasteiger partial charge in [-0.15, -0.1) is 0 Å². The Labute approximate surface area is 95.7 Å². The van der Waals surface area contributed by atoms with Crippen molar-refractivity contribution in [2.45, 2.75) is 39.2 Å². The third kappa shape index (κ3) is 2.83. The predicted molar refractivity (Wildman–Crippen MR) is 62.7 cm³/mol. The first-order chi connectivity index (χ1) is 7.36. The Balaban J connectivity index is 3.08. The van der Waals surface area contributed by atoms with Crippen LogP contribution in [0.4, 0.5) is 0 Å². The average molecular weight is 222 g/mol. The molecular formula is C13H18O3. The third-order valence-corrected chi connectivity index (χ3v) is 2.42. The average Bonchev–Trinajstić information content (AvgIpc) is 2.19. The van der Waals surface area contributed by atoms with E-state index in [1.54, 1.807) is 6.07 Å². The van der Waals surface area contributed by atoms with E-state index in [0.717, 1.165) is 18.4 Å². The molecule has 88 valence electrons. The van der Waals surface area contributed by atoms with Gasteiger partial charge < -0.3 is 10.2 Å². The summed E-state index contributed by atoms with van der Waals surface area (Å²) in [4.78, 5) is 11.8. The van der Waals surface area contributed by atoms with Crippen LogP contribution in [0.5, 0.6) is 5.75 Å². The Kier molecular flexibility index (Phi) is 3.70. The quantitative estimate of drug-likeness (QED) is 0.768. The van der Waals surface area contributed by atoms with Gasteiger partial charge in [0.15, 0.2) is 5.78 Å². The molecule has 0 aliphatic carbocycles. The number of aryl methyl sites for hydroxylation is 1. The first-order valence-electron chi connectivity index (χ1n) is 5.45. The van der Waals surface area contributed by atoms with Crippen LogP contribution < -0.4 is 0 Å². The Morgan fingerprint density at radius 2 is 2.00 bits per heavy atom. The van der Waals surface area contributed by atoms with Gasteiger partial charge in [0.25, 0.3) is 0 Å². The van der Waals surface area contributed by atoms with E-state index in [2.05, 4.69) is 0 Å². The second kappa shape index (κ2) is 4.66. The van der Waals surface area contributed by atoms with Gasteiger partial charge >= 0.3 is 0 Å². The van der Waals surface area contributed by atoms with Gasteiger partial charge in [-0.2, -0.15) is 0 Å². The lowest BCUT2D eigenvalue weighted by Gasteiger charge is -2.16. The van der Waals surface area contributed by atoms with Crippen molar-refractivity contribution in [3.05, 3.63) is 29.3 Å². The summed E-state index contributed by atoms with van der Waals surface area (Å²) in [7, 11) is 0. The number of Topliss-reactive ketones (excluding diaryl/α,β-unsaturated/α-hetero) is 1. The van der Waals surface area contributed by atoms with Gasteiger partial charge in [-0.25, -0.2) is 0 Å². The number of carbonyl (C=O) groups excluding carboxylic acids is 1. The molecule has 0 amide bonds. The second-order valence-corrected chi connectivity index (χ2v) is 4.48. The van der Waals surface area contributed by atoms with E-state index in [9.17, 15) is 15.0 Å². The van der Waals surface area contributed by atoms with Crippen molar-refractivity contribution in [1.29, 1.82) is 0 Å². The topological polar surface area (TPSA) is 57.5 Å². The molecule has 0 aliphatic heterocycles. The van der Waals surface area contributed by atoms with Crippen LogP contribution in [0.3, 0.4) is 0 Å². The minimum atomic E-state index is -1.37. The van der Waals surface area contributed by atoms with Crippen LogP contribution in [-0.2, 0) is 6.42 Å². The van der Waals surface area contributed by atoms with Crippen molar-refractivity contribution < 1.29 is 15.0 Å². The van der Waals surface area contributed by atoms with Gasteiger partial charge in [-0.05, 0) is 44.0 Å². The highest BCUT2D eigenvalue weighted by Crippen LogP contribution is 2.22. The van der Waals surface area contributed by atoms with Crippen LogP contribution >= 0.6 is 0 Å². The third-order valence-electron chi connectivity index (χ3n) is 2.42. The summed E-state index contributed by atoms with van der Waals surface area (Å²) in [5, 5.41) is 19.2. The molecule has 0 atom stereocenters. The number of hydrogen-bond acceptors (Lipinski definition) is 3. The van der Waals surface area contributed by atoms with Crippen LogP contribution in [0.2, 0.25) is 0 Å². The maximum Gasteiger partial charge on any atom is 0.193 e. The monoisotopic (exact) mass is 222 g/mol. The Morgan fingerprint density at radius 1 is 1.38 bits per heavy atom. The Hall–Kier alpha value is -1.35. The maximum absolute atomic E-state index is 11.8. The maximum atomic E-state index is 11.8. The summed E-state index contributed by atoms with van der Waals surface area (Å²) < 4.78 is 0. The van der Waals surface area contributed by atoms with Gasteiger partial charge in [0.05, 0.1) is 0 Å². The highest BCUT2D eigenvalue weighted by atomic mass is 16.3. The highest BCUT2D eigenvalue weighted by molar-refractivity contribution is 6.02. The minimum Gasteiger partial charge on any atom is -0.508 e. The van der Waals surface area contributed by atoms with Crippen LogP contribution in [0.15, 0.2) is 18.2 Å². The van der Waals surface area contributed by atoms with E-state index in [1.165, 1.54) is 26.0 Å². The van der Waals surface area contributed by atoms with Crippen molar-refractivity contribution in [1.82, 2.24) is 0 Å². The molecule has 0 heterocycles. The molecule has 0 spiro atoms. The largest absolute Gasteiger partial charge is 0.508 e. The van der Waals surface area contributed by atoms with Crippen LogP contribution in [-0.4, -0.2) is 21.6 Å². The van der Waals surface area contributed by atoms with Crippen LogP contribution in [0.25, 0.3) is 0 Å². The molecule has 0 fully saturated rings. The fourth-order valence-corrected chi connectivity index (χ4v) is 1.55. The van der Waals surface area contributed by atoms with Crippen molar-refractivity contribution in [3.63, 3.8) is 0 Å². The fourth-order valence-electron chi connectivity index (χ4n) is 1.55. The first kappa shape index (κ1) is 12.7. The molecule has 0 bridgehead atoms. The Morgan fingerprint density at radius 3 is 2.50 bits per heavy atom. The van der Waals surface area contributed by atoms with Crippen molar-refractivity contribution in [2.75, 3.05) is 0 Å². The molecule has 0 radical (unpaired) electrons. The first-order valence-corrected chi connectivity index (χ1v) is 5.45. The zero-order valence-electron chi connectivity index (χ0n) is 9.95. The molecule has 0 unspecified atom stereocenters. The van der Waals surface area contributed by atoms with Crippen molar-refractivity contribution in [3.8, 4) is 5.75 Å². The molecule has 2 N–H and O–H groups in total. The minimum absolute atomic E-state index is 0.203. The van der Waals surface area contributed by atoms with E-state index in [0.29, 0.717) is 5.56 Å². The number of hydrogen-bond donors (Lipinski definition) is 2. The van der Waals surface area contributed by atoms with E-state index < -0.39 is 5.60 Å². The summed E-state index contributed by atoms with van der Waals surface area (Å²) in [6.45, 7) is 4.92. The molecule has 1 aromatic carbocycles. The summed E-state index contributed by atoms with van der Waals surface area (Å²) in [5.41, 5.74) is -0.188. The number of aromatic hydroxyl groups is 1. The van der Waals surface area contributed by atoms with Crippen LogP contribution in [0.1, 0.15) is 43.1 Å². The molecule has 3 heteroatoms. The lowest BCUT2D eigenvalue weighted by molar-refractivity contribution is 0.0488. The van der Waals surface area contributed by atoms with Crippen molar-refractivity contribution in [2.24, 2.45) is 0 Å². The lowest BCUT2D eigenvalue weighted by Crippen LogP contribution is -2.31. The summed E-state index contributed by atoms with van der Waals surface area (Å²) in [5.74, 6) is -0.126. The molecule has 1 rings (SSSR count). The van der Waals surface area contributed by atoms with E-state index in [1.807, 2.05) is 6.92 Å². The van der Waals surface area contributed by atoms with Crippen molar-refractivity contribution >= 4 is 5.78 Å². The number of benzene rings is 1. The zero-order valence-corrected chi connectivity index (χ0v) is 9.95. The molecular weight excluding hydrogens is 204 g/mol. The van der Waals surface area contributed by atoms with Gasteiger partial charge in [-0.3, -0.25) is 4.79 Å². The molecule has 0 saturated heterocycles. The number of phenols is 1. The predicted octanol–water partition coefficient (Wildman–Crippen LogP) is 2.30. The number of carbonyl (C=O) groups is 1. The number of rotatable bonds is 4. The van der Waals surface area contributed by atoms with Crippen LogP contribution in [0, 0.1) is 0 Å². The number of aliphatic hydroxyl groups is 1. The zero-order chi connectivity index (χ0) is 12.3. The molecule has 0 saturated carbocycles. The molecule has 16 heavy (non-hydrogen) atoms. The molecule has 1 aromatic rings. The molecule has 0 aliphatic rings. The summed E-state index contributed by atoms with van der Waals surface area (Å²) in [6, 6.07) is 4.69. The highest BCUT2D eigenvalue weighted by Gasteiger charge is 2.25. The lowest BCUT2D eigenvalue weighted by atomic mass is 9.94. The standard InChI is InChI=1S/C13H18O3/c1-4-5-9-8-10(6-7-11(9)14)12(15)13(2,3)16/h6-8,14,16H,4-5H2,1-3H3. The van der Waals surface area contributed by atoms with Gasteiger partial charge in [-0.1, -0.05) is 13.3 Å². The van der Waals surface area contributed by atoms with Gasteiger partial charge in [0.2, 0.25) is 0 Å². The fraction of sp³-hybridized carbons (Fsp3) is 0.462. The summed E-state index contributed by atoms with van der Waals surface area (Å²) in [6.07, 6.45) is 1.62. The molecule has 3 nitrogen and oxygen atoms in total. The van der Waals surface area contributed by atoms with E-state index >= 15 is 0 Å². The smallest absolute Gasteiger partial charge is 0.193 e. The van der Waals surface area contributed by atoms with E-state index in [-0.39, 0.29) is 11.5 Å².